The second kappa shape index (κ2) is 26.2. The number of aromatic nitrogens is 4. The molecule has 1 saturated heterocycles. The molecule has 2 unspecified atom stereocenters. The van der Waals surface area contributed by atoms with Crippen LogP contribution in [0.15, 0.2) is 12.7 Å². The van der Waals surface area contributed by atoms with Crippen molar-refractivity contribution in [3.63, 3.8) is 0 Å². The molecule has 1 aliphatic rings. The monoisotopic (exact) mass is 989 g/mol. The molecule has 7 N–H and O–H groups in total. The summed E-state index contributed by atoms with van der Waals surface area (Å²) in [5, 5.41) is 36.3. The third kappa shape index (κ3) is 19.4. The number of rotatable bonds is 31. The maximum absolute atomic E-state index is 12.6. The van der Waals surface area contributed by atoms with Crippen LogP contribution >= 0.6 is 35.2 Å². The maximum Gasteiger partial charge on any atom is 0.274 e. The molecule has 64 heavy (non-hydrogen) atoms. The van der Waals surface area contributed by atoms with Crippen molar-refractivity contribution in [2.24, 2.45) is 5.41 Å². The molecule has 8 atom stereocenters. The number of carbonyl (C=O) groups excluding carboxylic acids is 3. The second-order valence-corrected chi connectivity index (χ2v) is 20.9. The van der Waals surface area contributed by atoms with E-state index in [1.807, 2.05) is 0 Å². The van der Waals surface area contributed by atoms with Crippen LogP contribution in [0.5, 0.6) is 0 Å². The average molecular weight is 990 g/mol. The van der Waals surface area contributed by atoms with Crippen molar-refractivity contribution in [1.29, 1.82) is 0 Å². The number of hydrogen-bond donors (Lipinski definition) is 6. The van der Waals surface area contributed by atoms with Crippen molar-refractivity contribution in [2.45, 2.75) is 135 Å². The molecule has 2 aromatic rings. The SMILES string of the molecule is CCCCCCCCCCC[C@@H](O)CC(=O)SCCNC(=O)CCNC(=O)[C@H](O)C(C)(C)COP(=O)([O-])OP(=O)([O-])OC[C@H]1O[C@@H](n2cnc3c(N)ncnc32)[C@H](O)[C@@H]1OP(=O)([O-])[O-]. The summed E-state index contributed by atoms with van der Waals surface area (Å²) < 4.78 is 60.7. The van der Waals surface area contributed by atoms with E-state index in [2.05, 4.69) is 50.4 Å². The van der Waals surface area contributed by atoms with Crippen molar-refractivity contribution in [2.75, 3.05) is 37.8 Å². The summed E-state index contributed by atoms with van der Waals surface area (Å²) >= 11 is 0.984. The molecule has 29 heteroatoms. The first-order valence-corrected chi connectivity index (χ1v) is 26.0. The van der Waals surface area contributed by atoms with Gasteiger partial charge < -0.3 is 74.1 Å². The Morgan fingerprint density at radius 1 is 0.953 bits per heavy atom. The van der Waals surface area contributed by atoms with E-state index >= 15 is 0 Å². The van der Waals surface area contributed by atoms with Crippen LogP contribution in [0.3, 0.4) is 0 Å². The van der Waals surface area contributed by atoms with Crippen LogP contribution in [-0.2, 0) is 50.7 Å². The average Bonchev–Trinajstić information content (AvgIpc) is 3.76. The molecular formula is C35H58N7O18P3S-4. The first-order chi connectivity index (χ1) is 29.9. The Bertz CT molecular complexity index is 1960. The Balaban J connectivity index is 1.36. The molecular weight excluding hydrogens is 931 g/mol. The molecule has 2 amide bonds. The topological polar surface area (TPSA) is 395 Å². The number of anilines is 1. The molecule has 3 heterocycles. The Hall–Kier alpha value is -2.48. The molecule has 1 aliphatic heterocycles. The van der Waals surface area contributed by atoms with Gasteiger partial charge >= 0.3 is 0 Å². The number of aliphatic hydroxyl groups is 3. The standard InChI is InChI=1S/C35H62N7O18P3S/c1-4-5-6-7-8-9-10-11-12-13-23(43)18-26(45)64-17-16-37-25(44)14-15-38-33(48)30(47)35(2,3)20-57-63(54,55)60-62(52,53)56-19-24-29(59-61(49,50)51)28(46)34(58-24)42-22-41-27-31(36)39-21-40-32(27)42/h21-24,28-30,34,43,46-47H,4-20H2,1-3H3,(H,37,44)(H,38,48)(H,52,53)(H,54,55)(H2,36,39,40)(H2,49,50,51)/p-4/t23-,24-,28-,29-,30+,34-/m1/s1. The van der Waals surface area contributed by atoms with Crippen molar-refractivity contribution < 1.29 is 85.6 Å². The van der Waals surface area contributed by atoms with Crippen molar-refractivity contribution in [1.82, 2.24) is 30.2 Å². The number of nitrogens with zero attached hydrogens (tertiary/aromatic N) is 4. The first kappa shape index (κ1) is 55.8. The predicted molar refractivity (Wildman–Crippen MR) is 221 cm³/mol. The number of phosphoric ester groups is 3. The van der Waals surface area contributed by atoms with E-state index in [9.17, 15) is 63.0 Å². The van der Waals surface area contributed by atoms with Gasteiger partial charge in [-0.25, -0.2) is 19.3 Å². The van der Waals surface area contributed by atoms with Gasteiger partial charge in [0.15, 0.2) is 22.8 Å². The van der Waals surface area contributed by atoms with Gasteiger partial charge in [0.05, 0.1) is 33.5 Å². The van der Waals surface area contributed by atoms with Crippen LogP contribution in [0, 0.1) is 5.41 Å². The Morgan fingerprint density at radius 3 is 2.25 bits per heavy atom. The fourth-order valence-electron chi connectivity index (χ4n) is 6.32. The van der Waals surface area contributed by atoms with Crippen LogP contribution in [0.1, 0.15) is 104 Å². The van der Waals surface area contributed by atoms with Crippen molar-refractivity contribution in [3.8, 4) is 0 Å². The van der Waals surface area contributed by atoms with Gasteiger partial charge in [0.2, 0.25) is 11.8 Å². The highest BCUT2D eigenvalue weighted by Crippen LogP contribution is 2.56. The molecule has 0 saturated carbocycles. The largest absolute Gasteiger partial charge is 0.790 e. The number of carbonyl (C=O) groups is 3. The van der Waals surface area contributed by atoms with Gasteiger partial charge in [-0.2, -0.15) is 0 Å². The van der Waals surface area contributed by atoms with E-state index < -0.39 is 90.7 Å². The number of ether oxygens (including phenoxy) is 1. The number of imidazole rings is 1. The molecule has 0 radical (unpaired) electrons. The number of nitrogen functional groups attached to an aromatic ring is 1. The molecule has 3 rings (SSSR count). The molecule has 1 fully saturated rings. The summed E-state index contributed by atoms with van der Waals surface area (Å²) in [6, 6.07) is 0. The van der Waals surface area contributed by atoms with Gasteiger partial charge in [0.25, 0.3) is 15.6 Å². The highest BCUT2D eigenvalue weighted by atomic mass is 32.2. The Labute approximate surface area is 374 Å². The number of thioether (sulfide) groups is 1. The minimum Gasteiger partial charge on any atom is -0.790 e. The Morgan fingerprint density at radius 2 is 1.59 bits per heavy atom. The predicted octanol–water partition coefficient (Wildman–Crippen LogP) is -0.191. The zero-order chi connectivity index (χ0) is 47.7. The summed E-state index contributed by atoms with van der Waals surface area (Å²) in [7, 11) is -17.6. The number of amides is 2. The summed E-state index contributed by atoms with van der Waals surface area (Å²) in [4.78, 5) is 96.7. The van der Waals surface area contributed by atoms with Gasteiger partial charge in [-0.15, -0.1) is 0 Å². The number of hydrogen-bond acceptors (Lipinski definition) is 23. The fourth-order valence-corrected chi connectivity index (χ4v) is 9.79. The summed E-state index contributed by atoms with van der Waals surface area (Å²) in [5.74, 6) is -1.33. The quantitative estimate of drug-likeness (QED) is 0.0421. The van der Waals surface area contributed by atoms with Crippen LogP contribution < -0.4 is 35.9 Å². The lowest BCUT2D eigenvalue weighted by atomic mass is 9.87. The van der Waals surface area contributed by atoms with E-state index in [4.69, 9.17) is 10.5 Å². The van der Waals surface area contributed by atoms with E-state index in [1.165, 1.54) is 52.4 Å². The minimum absolute atomic E-state index is 0.0159. The number of nitrogens with two attached hydrogens (primary N) is 1. The smallest absolute Gasteiger partial charge is 0.274 e. The fraction of sp³-hybridized carbons (Fsp3) is 0.771. The number of phosphoric acid groups is 3. The Kier molecular flexibility index (Phi) is 22.8. The number of nitrogens with one attached hydrogen (secondary N) is 2. The van der Waals surface area contributed by atoms with E-state index in [0.29, 0.717) is 6.42 Å². The second-order valence-electron chi connectivity index (χ2n) is 15.7. The van der Waals surface area contributed by atoms with Gasteiger partial charge in [-0.1, -0.05) is 90.3 Å². The molecule has 0 bridgehead atoms. The van der Waals surface area contributed by atoms with Crippen LogP contribution in [0.4, 0.5) is 5.82 Å². The van der Waals surface area contributed by atoms with E-state index in [-0.39, 0.29) is 53.8 Å². The maximum atomic E-state index is 12.6. The highest BCUT2D eigenvalue weighted by Gasteiger charge is 2.47. The van der Waals surface area contributed by atoms with Gasteiger partial charge in [0, 0.05) is 37.1 Å². The lowest BCUT2D eigenvalue weighted by Gasteiger charge is -2.36. The molecule has 0 spiro atoms. The van der Waals surface area contributed by atoms with Crippen molar-refractivity contribution >= 4 is 69.1 Å². The molecule has 0 aromatic carbocycles. The van der Waals surface area contributed by atoms with Crippen LogP contribution in [-0.4, -0.2) is 114 Å². The third-order valence-electron chi connectivity index (χ3n) is 9.78. The van der Waals surface area contributed by atoms with E-state index in [1.54, 1.807) is 0 Å². The number of fused-ring (bicyclic) bond motifs is 1. The number of unbranched alkanes of at least 4 members (excludes halogenated alkanes) is 8. The molecule has 2 aromatic heterocycles. The normalized spacial score (nSPS) is 21.0. The molecule has 0 aliphatic carbocycles. The molecule has 366 valence electrons. The van der Waals surface area contributed by atoms with Gasteiger partial charge in [-0.3, -0.25) is 28.1 Å². The van der Waals surface area contributed by atoms with Gasteiger partial charge in [0.1, 0.15) is 36.3 Å². The summed E-state index contributed by atoms with van der Waals surface area (Å²) in [6.07, 6.45) is 2.56. The third-order valence-corrected chi connectivity index (χ3v) is 13.7. The minimum atomic E-state index is -5.93. The lowest BCUT2D eigenvalue weighted by Crippen LogP contribution is -2.46. The van der Waals surface area contributed by atoms with E-state index in [0.717, 1.165) is 48.2 Å². The number of aliphatic hydroxyl groups excluding tert-OH is 3. The van der Waals surface area contributed by atoms with Crippen molar-refractivity contribution in [3.05, 3.63) is 12.7 Å². The zero-order valence-corrected chi connectivity index (χ0v) is 39.2. The summed E-state index contributed by atoms with van der Waals surface area (Å²) in [5.41, 5.74) is 4.06. The lowest BCUT2D eigenvalue weighted by molar-refractivity contribution is -0.347. The van der Waals surface area contributed by atoms with Crippen LogP contribution in [0.25, 0.3) is 11.2 Å². The molecule has 25 nitrogen and oxygen atoms in total. The highest BCUT2D eigenvalue weighted by molar-refractivity contribution is 8.13. The van der Waals surface area contributed by atoms with Gasteiger partial charge in [-0.05, 0) is 6.42 Å². The summed E-state index contributed by atoms with van der Waals surface area (Å²) in [6.45, 7) is 2.18. The van der Waals surface area contributed by atoms with Crippen LogP contribution in [0.2, 0.25) is 0 Å². The zero-order valence-electron chi connectivity index (χ0n) is 35.7. The first-order valence-electron chi connectivity index (χ1n) is 20.6.